The van der Waals surface area contributed by atoms with Gasteiger partial charge in [0.25, 0.3) is 0 Å². The summed E-state index contributed by atoms with van der Waals surface area (Å²) in [6, 6.07) is 0. The number of aryl methyl sites for hydroxylation is 1. The minimum atomic E-state index is 0.355. The number of likely N-dealkylation sites (N-methyl/N-ethyl adjacent to an activating group) is 1. The Morgan fingerprint density at radius 2 is 2.41 bits per heavy atom. The van der Waals surface area contributed by atoms with Crippen LogP contribution in [0.5, 0.6) is 0 Å². The lowest BCUT2D eigenvalue weighted by Gasteiger charge is -2.33. The molecule has 1 fully saturated rings. The summed E-state index contributed by atoms with van der Waals surface area (Å²) in [5.41, 5.74) is 3.49. The van der Waals surface area contributed by atoms with E-state index in [9.17, 15) is 0 Å². The van der Waals surface area contributed by atoms with Gasteiger partial charge in [-0.3, -0.25) is 4.90 Å². The zero-order chi connectivity index (χ0) is 12.3. The molecule has 17 heavy (non-hydrogen) atoms. The first-order valence-corrected chi connectivity index (χ1v) is 7.36. The van der Waals surface area contributed by atoms with Crippen molar-refractivity contribution < 1.29 is 0 Å². The molecule has 1 aliphatic rings. The molecule has 2 heterocycles. The second-order valence-corrected chi connectivity index (χ2v) is 6.14. The molecule has 1 aromatic rings. The third-order valence-electron chi connectivity index (χ3n) is 3.84. The van der Waals surface area contributed by atoms with Crippen LogP contribution in [0.2, 0.25) is 0 Å². The highest BCUT2D eigenvalue weighted by atomic mass is 32.1. The number of thiazole rings is 1. The normalized spacial score (nSPS) is 24.7. The smallest absolute Gasteiger partial charge is 0.0798 e. The summed E-state index contributed by atoms with van der Waals surface area (Å²) < 4.78 is 0. The van der Waals surface area contributed by atoms with Crippen molar-refractivity contribution in [3.05, 3.63) is 16.1 Å². The minimum absolute atomic E-state index is 0.355. The van der Waals surface area contributed by atoms with Crippen LogP contribution in [0.25, 0.3) is 0 Å². The highest BCUT2D eigenvalue weighted by Gasteiger charge is 2.32. The van der Waals surface area contributed by atoms with Crippen molar-refractivity contribution in [1.82, 2.24) is 15.2 Å². The molecule has 0 aliphatic carbocycles. The predicted octanol–water partition coefficient (Wildman–Crippen LogP) is 2.42. The Morgan fingerprint density at radius 3 is 2.94 bits per heavy atom. The van der Waals surface area contributed by atoms with Crippen LogP contribution in [-0.4, -0.2) is 35.6 Å². The summed E-state index contributed by atoms with van der Waals surface area (Å²) in [5, 5.41) is 3.69. The Labute approximate surface area is 108 Å². The maximum Gasteiger partial charge on any atom is 0.0798 e. The molecule has 2 rings (SSSR count). The fourth-order valence-electron chi connectivity index (χ4n) is 2.71. The number of aromatic nitrogens is 1. The number of nitrogens with zero attached hydrogens (tertiary/aromatic N) is 2. The van der Waals surface area contributed by atoms with Gasteiger partial charge in [0.1, 0.15) is 0 Å². The Balaban J connectivity index is 1.92. The monoisotopic (exact) mass is 253 g/mol. The topological polar surface area (TPSA) is 28.2 Å². The van der Waals surface area contributed by atoms with Gasteiger partial charge in [0.05, 0.1) is 11.2 Å². The summed E-state index contributed by atoms with van der Waals surface area (Å²) in [4.78, 5) is 8.15. The first-order valence-electron chi connectivity index (χ1n) is 6.48. The van der Waals surface area contributed by atoms with E-state index in [1.54, 1.807) is 11.3 Å². The molecule has 0 saturated carbocycles. The number of rotatable bonds is 5. The molecule has 3 nitrogen and oxygen atoms in total. The molecular formula is C13H23N3S. The van der Waals surface area contributed by atoms with Gasteiger partial charge in [-0.2, -0.15) is 0 Å². The Morgan fingerprint density at radius 1 is 1.59 bits per heavy atom. The molecule has 1 atom stereocenters. The lowest BCUT2D eigenvalue weighted by atomic mass is 9.93. The summed E-state index contributed by atoms with van der Waals surface area (Å²) in [6.07, 6.45) is 3.86. The molecular weight excluding hydrogens is 230 g/mol. The lowest BCUT2D eigenvalue weighted by Crippen LogP contribution is -2.48. The zero-order valence-corrected chi connectivity index (χ0v) is 11.9. The Kier molecular flexibility index (Phi) is 4.17. The lowest BCUT2D eigenvalue weighted by molar-refractivity contribution is 0.215. The van der Waals surface area contributed by atoms with Crippen molar-refractivity contribution >= 4 is 11.3 Å². The third kappa shape index (κ3) is 3.06. The van der Waals surface area contributed by atoms with Gasteiger partial charge in [-0.15, -0.1) is 11.3 Å². The van der Waals surface area contributed by atoms with Gasteiger partial charge in [-0.25, -0.2) is 4.98 Å². The van der Waals surface area contributed by atoms with Crippen molar-refractivity contribution in [3.63, 3.8) is 0 Å². The highest BCUT2D eigenvalue weighted by Crippen LogP contribution is 2.25. The molecule has 1 aliphatic heterocycles. The number of hydrogen-bond donors (Lipinski definition) is 1. The molecule has 0 bridgehead atoms. The van der Waals surface area contributed by atoms with Crippen LogP contribution in [-0.2, 0) is 6.54 Å². The van der Waals surface area contributed by atoms with E-state index in [1.807, 2.05) is 5.51 Å². The average molecular weight is 253 g/mol. The van der Waals surface area contributed by atoms with Crippen LogP contribution in [0.15, 0.2) is 5.51 Å². The average Bonchev–Trinajstić information content (AvgIpc) is 2.90. The van der Waals surface area contributed by atoms with Gasteiger partial charge in [0, 0.05) is 23.5 Å². The molecule has 4 heteroatoms. The van der Waals surface area contributed by atoms with Gasteiger partial charge >= 0.3 is 0 Å². The van der Waals surface area contributed by atoms with E-state index in [2.05, 4.69) is 36.1 Å². The maximum atomic E-state index is 4.32. The summed E-state index contributed by atoms with van der Waals surface area (Å²) in [6.45, 7) is 7.75. The van der Waals surface area contributed by atoms with Gasteiger partial charge in [-0.05, 0) is 39.8 Å². The summed E-state index contributed by atoms with van der Waals surface area (Å²) in [5.74, 6) is 0. The molecule has 0 aromatic carbocycles. The first kappa shape index (κ1) is 13.0. The molecule has 96 valence electrons. The summed E-state index contributed by atoms with van der Waals surface area (Å²) >= 11 is 1.77. The van der Waals surface area contributed by atoms with E-state index < -0.39 is 0 Å². The van der Waals surface area contributed by atoms with Crippen molar-refractivity contribution in [2.45, 2.75) is 45.2 Å². The maximum absolute atomic E-state index is 4.32. The van der Waals surface area contributed by atoms with Crippen molar-refractivity contribution in [2.75, 3.05) is 20.1 Å². The number of hydrogen-bond acceptors (Lipinski definition) is 4. The molecule has 1 saturated heterocycles. The van der Waals surface area contributed by atoms with E-state index >= 15 is 0 Å². The second kappa shape index (κ2) is 5.46. The highest BCUT2D eigenvalue weighted by molar-refractivity contribution is 7.09. The quantitative estimate of drug-likeness (QED) is 0.873. The molecule has 1 unspecified atom stereocenters. The molecule has 0 radical (unpaired) electrons. The largest absolute Gasteiger partial charge is 0.310 e. The Hall–Kier alpha value is -0.450. The van der Waals surface area contributed by atoms with E-state index in [0.717, 1.165) is 13.1 Å². The first-order chi connectivity index (χ1) is 8.15. The van der Waals surface area contributed by atoms with Crippen molar-refractivity contribution in [3.8, 4) is 0 Å². The van der Waals surface area contributed by atoms with Crippen LogP contribution < -0.4 is 5.32 Å². The van der Waals surface area contributed by atoms with E-state index in [1.165, 1.54) is 36.4 Å². The van der Waals surface area contributed by atoms with Crippen LogP contribution in [0, 0.1) is 6.92 Å². The molecule has 0 amide bonds. The van der Waals surface area contributed by atoms with Gasteiger partial charge in [0.2, 0.25) is 0 Å². The standard InChI is InChI=1S/C13H23N3S/c1-4-13(6-5-7-15-13)9-16(3)8-12-11(2)14-10-17-12/h10,15H,4-9H2,1-3H3. The second-order valence-electron chi connectivity index (χ2n) is 5.20. The van der Waals surface area contributed by atoms with Crippen molar-refractivity contribution in [2.24, 2.45) is 0 Å². The minimum Gasteiger partial charge on any atom is -0.310 e. The zero-order valence-electron chi connectivity index (χ0n) is 11.1. The van der Waals surface area contributed by atoms with Crippen molar-refractivity contribution in [1.29, 1.82) is 0 Å². The molecule has 0 spiro atoms. The molecule has 1 N–H and O–H groups in total. The van der Waals surface area contributed by atoms with Gasteiger partial charge in [0.15, 0.2) is 0 Å². The van der Waals surface area contributed by atoms with Crippen LogP contribution in [0.3, 0.4) is 0 Å². The van der Waals surface area contributed by atoms with E-state index in [0.29, 0.717) is 5.54 Å². The molecule has 1 aromatic heterocycles. The third-order valence-corrected chi connectivity index (χ3v) is 4.76. The van der Waals surface area contributed by atoms with Gasteiger partial charge < -0.3 is 5.32 Å². The predicted molar refractivity (Wildman–Crippen MR) is 73.4 cm³/mol. The van der Waals surface area contributed by atoms with Crippen LogP contribution in [0.1, 0.15) is 36.8 Å². The number of nitrogens with one attached hydrogen (secondary N) is 1. The van der Waals surface area contributed by atoms with Gasteiger partial charge in [-0.1, -0.05) is 6.92 Å². The Bertz CT molecular complexity index is 355. The summed E-state index contributed by atoms with van der Waals surface area (Å²) in [7, 11) is 2.22. The fourth-order valence-corrected chi connectivity index (χ4v) is 3.57. The fraction of sp³-hybridized carbons (Fsp3) is 0.769. The van der Waals surface area contributed by atoms with E-state index in [-0.39, 0.29) is 0 Å². The SMILES string of the molecule is CCC1(CN(C)Cc2scnc2C)CCCN1. The van der Waals surface area contributed by atoms with E-state index in [4.69, 9.17) is 0 Å². The van der Waals surface area contributed by atoms with Crippen LogP contribution >= 0.6 is 11.3 Å². The van der Waals surface area contributed by atoms with Crippen LogP contribution in [0.4, 0.5) is 0 Å².